The van der Waals surface area contributed by atoms with Gasteiger partial charge in [-0.15, -0.1) is 12.3 Å². The largest absolute Gasteiger partial charge is 0.387 e. The first-order valence-electron chi connectivity index (χ1n) is 9.87. The second-order valence-corrected chi connectivity index (χ2v) is 8.08. The van der Waals surface area contributed by atoms with Gasteiger partial charge in [0.05, 0.1) is 37.8 Å². The third-order valence-corrected chi connectivity index (χ3v) is 5.76. The number of benzene rings is 1. The maximum absolute atomic E-state index is 10.9. The van der Waals surface area contributed by atoms with E-state index >= 15 is 0 Å². The van der Waals surface area contributed by atoms with E-state index < -0.39 is 24.0 Å². The smallest absolute Gasteiger partial charge is 0.187 e. The van der Waals surface area contributed by atoms with Gasteiger partial charge < -0.3 is 28.8 Å². The summed E-state index contributed by atoms with van der Waals surface area (Å²) in [6.45, 7) is 5.00. The van der Waals surface area contributed by atoms with E-state index in [1.165, 1.54) is 0 Å². The zero-order chi connectivity index (χ0) is 19.8. The molecule has 6 heteroatoms. The van der Waals surface area contributed by atoms with Crippen LogP contribution in [0.25, 0.3) is 0 Å². The lowest BCUT2D eigenvalue weighted by molar-refractivity contribution is -0.437. The molecule has 6 nitrogen and oxygen atoms in total. The normalized spacial score (nSPS) is 38.1. The number of rotatable bonds is 7. The number of terminal acetylenes is 1. The molecule has 1 aliphatic carbocycles. The Kier molecular flexibility index (Phi) is 5.49. The van der Waals surface area contributed by atoms with E-state index in [0.29, 0.717) is 32.7 Å². The van der Waals surface area contributed by atoms with E-state index in [0.717, 1.165) is 5.56 Å². The summed E-state index contributed by atoms with van der Waals surface area (Å²) in [5.74, 6) is 0.457. The Morgan fingerprint density at radius 1 is 1.25 bits per heavy atom. The predicted molar refractivity (Wildman–Crippen MR) is 101 cm³/mol. The summed E-state index contributed by atoms with van der Waals surface area (Å²) in [5, 5.41) is 10.9. The Morgan fingerprint density at radius 2 is 2.04 bits per heavy atom. The molecule has 0 amide bonds. The summed E-state index contributed by atoms with van der Waals surface area (Å²) in [6, 6.07) is 9.89. The van der Waals surface area contributed by atoms with Crippen molar-refractivity contribution in [2.45, 2.75) is 63.4 Å². The van der Waals surface area contributed by atoms with E-state index in [-0.39, 0.29) is 17.9 Å². The summed E-state index contributed by atoms with van der Waals surface area (Å²) in [6.07, 6.45) is 4.82. The molecule has 1 saturated carbocycles. The van der Waals surface area contributed by atoms with E-state index in [1.807, 2.05) is 44.2 Å². The Balaban J connectivity index is 1.50. The first kappa shape index (κ1) is 19.8. The number of ether oxygens (including phenoxy) is 5. The first-order chi connectivity index (χ1) is 13.5. The fourth-order valence-corrected chi connectivity index (χ4v) is 4.39. The molecule has 152 valence electrons. The van der Waals surface area contributed by atoms with Crippen molar-refractivity contribution in [3.8, 4) is 12.3 Å². The number of aliphatic hydroxyl groups excluding tert-OH is 1. The van der Waals surface area contributed by atoms with E-state index in [2.05, 4.69) is 5.92 Å². The molecular formula is C22H28O6. The lowest BCUT2D eigenvalue weighted by atomic mass is 9.64. The van der Waals surface area contributed by atoms with Crippen LogP contribution in [-0.4, -0.2) is 48.4 Å². The van der Waals surface area contributed by atoms with Crippen molar-refractivity contribution in [3.05, 3.63) is 35.9 Å². The van der Waals surface area contributed by atoms with Crippen molar-refractivity contribution in [3.63, 3.8) is 0 Å². The molecule has 0 aromatic heterocycles. The molecule has 2 heterocycles. The molecule has 6 unspecified atom stereocenters. The summed E-state index contributed by atoms with van der Waals surface area (Å²) < 4.78 is 30.2. The second-order valence-electron chi connectivity index (χ2n) is 8.08. The van der Waals surface area contributed by atoms with Crippen LogP contribution in [0, 0.1) is 24.2 Å². The Hall–Kier alpha value is -1.46. The third-order valence-electron chi connectivity index (χ3n) is 5.76. The van der Waals surface area contributed by atoms with Crippen molar-refractivity contribution in [1.29, 1.82) is 0 Å². The summed E-state index contributed by atoms with van der Waals surface area (Å²) in [7, 11) is 0. The van der Waals surface area contributed by atoms with Crippen LogP contribution >= 0.6 is 0 Å². The lowest BCUT2D eigenvalue weighted by Gasteiger charge is -2.59. The average molecular weight is 388 g/mol. The molecule has 0 spiro atoms. The molecule has 1 aromatic carbocycles. The van der Waals surface area contributed by atoms with Crippen molar-refractivity contribution >= 4 is 0 Å². The highest BCUT2D eigenvalue weighted by atomic mass is 16.8. The van der Waals surface area contributed by atoms with Gasteiger partial charge in [-0.25, -0.2) is 0 Å². The molecular weight excluding hydrogens is 360 g/mol. The Labute approximate surface area is 166 Å². The molecule has 3 fully saturated rings. The number of aliphatic hydroxyl groups is 1. The quantitative estimate of drug-likeness (QED) is 0.572. The van der Waals surface area contributed by atoms with Gasteiger partial charge in [0.2, 0.25) is 0 Å². The minimum absolute atomic E-state index is 0.122. The Bertz CT molecular complexity index is 713. The number of hydrogen-bond acceptors (Lipinski definition) is 6. The van der Waals surface area contributed by atoms with Crippen LogP contribution in [-0.2, 0) is 30.3 Å². The molecule has 2 aliphatic heterocycles. The third kappa shape index (κ3) is 3.48. The summed E-state index contributed by atoms with van der Waals surface area (Å²) in [4.78, 5) is 0. The Morgan fingerprint density at radius 3 is 2.79 bits per heavy atom. The van der Waals surface area contributed by atoms with E-state index in [1.54, 1.807) is 0 Å². The van der Waals surface area contributed by atoms with Crippen LogP contribution in [0.3, 0.4) is 0 Å². The molecule has 3 aliphatic rings. The van der Waals surface area contributed by atoms with Gasteiger partial charge in [0.1, 0.15) is 6.10 Å². The monoisotopic (exact) mass is 388 g/mol. The van der Waals surface area contributed by atoms with Gasteiger partial charge in [-0.1, -0.05) is 30.3 Å². The molecule has 28 heavy (non-hydrogen) atoms. The van der Waals surface area contributed by atoms with Crippen molar-refractivity contribution < 1.29 is 28.8 Å². The zero-order valence-electron chi connectivity index (χ0n) is 16.4. The van der Waals surface area contributed by atoms with Crippen LogP contribution in [0.5, 0.6) is 0 Å². The van der Waals surface area contributed by atoms with Crippen LogP contribution in [0.2, 0.25) is 0 Å². The van der Waals surface area contributed by atoms with Crippen molar-refractivity contribution in [2.75, 3.05) is 13.2 Å². The standard InChI is InChI=1S/C22H28O6/c1-4-5-9-12-24-20-18(23)17-19-16(14-25-21(2,3)27-19)22(17,28-20)26-13-15-10-7-6-8-11-15/h1,6-8,10-11,16-20,23H,5,9,12-14H2,2-3H3. The summed E-state index contributed by atoms with van der Waals surface area (Å²) in [5.41, 5.74) is 1.04. The number of hydrogen-bond donors (Lipinski definition) is 1. The maximum atomic E-state index is 10.9. The molecule has 0 bridgehead atoms. The SMILES string of the molecule is C#CCCCOC1OC2(OCc3ccccc3)C3COC(C)(C)OC3C2C1O. The van der Waals surface area contributed by atoms with Crippen LogP contribution in [0.4, 0.5) is 0 Å². The molecule has 1 N–H and O–H groups in total. The highest BCUT2D eigenvalue weighted by molar-refractivity contribution is 5.17. The number of unbranched alkanes of at least 4 members (excludes halogenated alkanes) is 1. The minimum Gasteiger partial charge on any atom is -0.387 e. The molecule has 4 rings (SSSR count). The van der Waals surface area contributed by atoms with Crippen molar-refractivity contribution in [2.24, 2.45) is 11.8 Å². The van der Waals surface area contributed by atoms with Crippen LogP contribution in [0.1, 0.15) is 32.3 Å². The topological polar surface area (TPSA) is 66.4 Å². The molecule has 2 saturated heterocycles. The highest BCUT2D eigenvalue weighted by Gasteiger charge is 2.75. The van der Waals surface area contributed by atoms with Gasteiger partial charge in [-0.05, 0) is 25.8 Å². The fraction of sp³-hybridized carbons (Fsp3) is 0.636. The zero-order valence-corrected chi connectivity index (χ0v) is 16.4. The average Bonchev–Trinajstić information content (AvgIpc) is 2.91. The second kappa shape index (κ2) is 7.75. The first-order valence-corrected chi connectivity index (χ1v) is 9.87. The van der Waals surface area contributed by atoms with Crippen LogP contribution in [0.15, 0.2) is 30.3 Å². The van der Waals surface area contributed by atoms with Crippen LogP contribution < -0.4 is 0 Å². The molecule has 1 aromatic rings. The van der Waals surface area contributed by atoms with Crippen molar-refractivity contribution in [1.82, 2.24) is 0 Å². The van der Waals surface area contributed by atoms with Gasteiger partial charge in [-0.3, -0.25) is 0 Å². The molecule has 6 atom stereocenters. The fourth-order valence-electron chi connectivity index (χ4n) is 4.39. The highest BCUT2D eigenvalue weighted by Crippen LogP contribution is 2.59. The van der Waals surface area contributed by atoms with E-state index in [9.17, 15) is 5.11 Å². The van der Waals surface area contributed by atoms with Gasteiger partial charge in [-0.2, -0.15) is 0 Å². The summed E-state index contributed by atoms with van der Waals surface area (Å²) >= 11 is 0. The maximum Gasteiger partial charge on any atom is 0.187 e. The lowest BCUT2D eigenvalue weighted by Crippen LogP contribution is -2.73. The van der Waals surface area contributed by atoms with Gasteiger partial charge in [0.15, 0.2) is 17.9 Å². The predicted octanol–water partition coefficient (Wildman–Crippen LogP) is 2.44. The number of fused-ring (bicyclic) bond motifs is 4. The minimum atomic E-state index is -0.979. The van der Waals surface area contributed by atoms with Gasteiger partial charge in [0, 0.05) is 6.42 Å². The van der Waals surface area contributed by atoms with Gasteiger partial charge >= 0.3 is 0 Å². The molecule has 0 radical (unpaired) electrons. The van der Waals surface area contributed by atoms with Gasteiger partial charge in [0.25, 0.3) is 0 Å². The van der Waals surface area contributed by atoms with E-state index in [4.69, 9.17) is 30.1 Å².